The lowest BCUT2D eigenvalue weighted by Crippen LogP contribution is -2.50. The summed E-state index contributed by atoms with van der Waals surface area (Å²) in [6.07, 6.45) is 4.01. The van der Waals surface area contributed by atoms with Crippen LogP contribution in [0.2, 0.25) is 5.02 Å². The minimum absolute atomic E-state index is 0.284. The number of carbonyl (C=O) groups excluding carboxylic acids is 1. The highest BCUT2D eigenvalue weighted by Gasteiger charge is 2.25. The van der Waals surface area contributed by atoms with Crippen molar-refractivity contribution in [1.82, 2.24) is 14.9 Å². The molecule has 0 aliphatic carbocycles. The molecule has 3 aromatic rings. The molecule has 0 saturated carbocycles. The van der Waals surface area contributed by atoms with E-state index in [1.165, 1.54) is 6.07 Å². The molecule has 0 spiro atoms. The van der Waals surface area contributed by atoms with Crippen LogP contribution in [0, 0.1) is 5.82 Å². The summed E-state index contributed by atoms with van der Waals surface area (Å²) < 4.78 is 21.1. The van der Waals surface area contributed by atoms with Crippen LogP contribution in [0.1, 0.15) is 29.8 Å². The number of anilines is 3. The van der Waals surface area contributed by atoms with Gasteiger partial charge in [0.2, 0.25) is 5.95 Å². The molecule has 0 unspecified atom stereocenters. The monoisotopic (exact) mass is 552 g/mol. The zero-order valence-electron chi connectivity index (χ0n) is 22.6. The Morgan fingerprint density at radius 3 is 2.51 bits per heavy atom. The number of nitrogens with one attached hydrogen (secondary N) is 1. The fraction of sp³-hybridized carbons (Fsp3) is 0.414. The van der Waals surface area contributed by atoms with Crippen molar-refractivity contribution in [1.29, 1.82) is 0 Å². The fourth-order valence-electron chi connectivity index (χ4n) is 4.98. The van der Waals surface area contributed by atoms with Gasteiger partial charge in [0.15, 0.2) is 0 Å². The Kier molecular flexibility index (Phi) is 8.30. The van der Waals surface area contributed by atoms with E-state index >= 15 is 4.39 Å². The molecule has 2 aliphatic rings. The third-order valence-corrected chi connectivity index (χ3v) is 7.72. The summed E-state index contributed by atoms with van der Waals surface area (Å²) >= 11 is 6.29. The summed E-state index contributed by atoms with van der Waals surface area (Å²) in [6.45, 7) is 9.10. The van der Waals surface area contributed by atoms with E-state index < -0.39 is 5.82 Å². The van der Waals surface area contributed by atoms with Crippen LogP contribution in [0.4, 0.5) is 21.7 Å². The van der Waals surface area contributed by atoms with Gasteiger partial charge in [-0.25, -0.2) is 14.4 Å². The van der Waals surface area contributed by atoms with Crippen LogP contribution in [-0.4, -0.2) is 79.8 Å². The first-order valence-corrected chi connectivity index (χ1v) is 13.7. The Bertz CT molecular complexity index is 1330. The first-order chi connectivity index (χ1) is 18.8. The maximum absolute atomic E-state index is 15.7. The van der Waals surface area contributed by atoms with Crippen molar-refractivity contribution in [2.75, 3.05) is 68.1 Å². The molecule has 1 amide bonds. The molecule has 2 aliphatic heterocycles. The predicted octanol–water partition coefficient (Wildman–Crippen LogP) is 4.73. The van der Waals surface area contributed by atoms with Crippen LogP contribution < -0.4 is 15.1 Å². The molecule has 8 nitrogen and oxygen atoms in total. The summed E-state index contributed by atoms with van der Waals surface area (Å²) in [4.78, 5) is 28.8. The van der Waals surface area contributed by atoms with Gasteiger partial charge in [0.1, 0.15) is 5.82 Å². The molecule has 0 bridgehead atoms. The number of carbonyl (C=O) groups is 1. The van der Waals surface area contributed by atoms with Gasteiger partial charge in [-0.05, 0) is 56.3 Å². The molecule has 3 heterocycles. The second kappa shape index (κ2) is 11.9. The van der Waals surface area contributed by atoms with Gasteiger partial charge in [0.25, 0.3) is 5.91 Å². The average Bonchev–Trinajstić information content (AvgIpc) is 2.95. The number of hydrogen-bond donors (Lipinski definition) is 1. The molecular weight excluding hydrogens is 519 g/mol. The zero-order valence-corrected chi connectivity index (χ0v) is 23.3. The Hall–Kier alpha value is -3.27. The number of piperazine rings is 1. The molecule has 1 atom stereocenters. The second-order valence-electron chi connectivity index (χ2n) is 10.2. The Labute approximate surface area is 233 Å². The Morgan fingerprint density at radius 2 is 1.82 bits per heavy atom. The van der Waals surface area contributed by atoms with E-state index in [1.807, 2.05) is 24.0 Å². The lowest BCUT2D eigenvalue weighted by Gasteiger charge is -2.39. The third-order valence-electron chi connectivity index (χ3n) is 7.51. The maximum Gasteiger partial charge on any atom is 0.255 e. The van der Waals surface area contributed by atoms with E-state index in [2.05, 4.69) is 39.1 Å². The van der Waals surface area contributed by atoms with Gasteiger partial charge in [0, 0.05) is 72.9 Å². The lowest BCUT2D eigenvalue weighted by atomic mass is 10.0. The highest BCUT2D eigenvalue weighted by atomic mass is 35.5. The standard InChI is InChI=1S/C29H34ClFN6O2/c1-4-20-11-21(13-23(30)12-20)28(38)34-26-14-24(22-16-32-29(33-17-22)36-7-9-39-10-8-36)25(31)15-27(26)37-6-5-35(3)19(2)18-37/h11-17,19H,4-10,18H2,1-3H3,(H,34,38)/t19-/m0/s1. The number of benzene rings is 2. The first kappa shape index (κ1) is 27.3. The molecule has 1 N–H and O–H groups in total. The van der Waals surface area contributed by atoms with Gasteiger partial charge in [-0.2, -0.15) is 0 Å². The van der Waals surface area contributed by atoms with Gasteiger partial charge in [-0.3, -0.25) is 4.79 Å². The van der Waals surface area contributed by atoms with Crippen LogP contribution in [0.15, 0.2) is 42.7 Å². The van der Waals surface area contributed by atoms with Crippen molar-refractivity contribution >= 4 is 34.8 Å². The first-order valence-electron chi connectivity index (χ1n) is 13.4. The van der Waals surface area contributed by atoms with Crippen molar-refractivity contribution in [3.63, 3.8) is 0 Å². The number of aryl methyl sites for hydroxylation is 1. The van der Waals surface area contributed by atoms with Crippen LogP contribution in [0.5, 0.6) is 0 Å². The smallest absolute Gasteiger partial charge is 0.255 e. The van der Waals surface area contributed by atoms with Crippen molar-refractivity contribution in [2.24, 2.45) is 0 Å². The van der Waals surface area contributed by atoms with Crippen LogP contribution in [0.25, 0.3) is 11.1 Å². The van der Waals surface area contributed by atoms with E-state index in [0.717, 1.165) is 25.1 Å². The molecule has 0 radical (unpaired) electrons. The Morgan fingerprint density at radius 1 is 1.08 bits per heavy atom. The number of ether oxygens (including phenoxy) is 1. The van der Waals surface area contributed by atoms with Crippen LogP contribution >= 0.6 is 11.6 Å². The minimum atomic E-state index is -0.395. The molecule has 2 fully saturated rings. The van der Waals surface area contributed by atoms with Crippen molar-refractivity contribution in [3.8, 4) is 11.1 Å². The zero-order chi connectivity index (χ0) is 27.5. The molecule has 2 saturated heterocycles. The molecule has 39 heavy (non-hydrogen) atoms. The van der Waals surface area contributed by atoms with Crippen molar-refractivity contribution in [2.45, 2.75) is 26.3 Å². The molecule has 1 aromatic heterocycles. The predicted molar refractivity (Wildman–Crippen MR) is 154 cm³/mol. The molecular formula is C29H34ClFN6O2. The average molecular weight is 553 g/mol. The van der Waals surface area contributed by atoms with Gasteiger partial charge in [-0.15, -0.1) is 0 Å². The van der Waals surface area contributed by atoms with E-state index in [-0.39, 0.29) is 11.9 Å². The number of amides is 1. The lowest BCUT2D eigenvalue weighted by molar-refractivity contribution is 0.102. The van der Waals surface area contributed by atoms with Crippen LogP contribution in [0.3, 0.4) is 0 Å². The Balaban J connectivity index is 1.50. The number of rotatable bonds is 6. The third kappa shape index (κ3) is 6.16. The summed E-state index contributed by atoms with van der Waals surface area (Å²) in [5, 5.41) is 3.55. The summed E-state index contributed by atoms with van der Waals surface area (Å²) in [7, 11) is 2.08. The molecule has 5 rings (SSSR count). The number of nitrogens with zero attached hydrogens (tertiary/aromatic N) is 5. The largest absolute Gasteiger partial charge is 0.378 e. The summed E-state index contributed by atoms with van der Waals surface area (Å²) in [5.41, 5.74) is 3.47. The maximum atomic E-state index is 15.7. The highest BCUT2D eigenvalue weighted by molar-refractivity contribution is 6.31. The number of hydrogen-bond acceptors (Lipinski definition) is 7. The quantitative estimate of drug-likeness (QED) is 0.474. The van der Waals surface area contributed by atoms with Crippen molar-refractivity contribution in [3.05, 3.63) is 64.7 Å². The van der Waals surface area contributed by atoms with Gasteiger partial charge < -0.3 is 24.8 Å². The second-order valence-corrected chi connectivity index (χ2v) is 10.6. The van der Waals surface area contributed by atoms with E-state index in [4.69, 9.17) is 16.3 Å². The number of likely N-dealkylation sites (N-methyl/N-ethyl adjacent to an activating group) is 1. The molecule has 10 heteroatoms. The topological polar surface area (TPSA) is 73.8 Å². The summed E-state index contributed by atoms with van der Waals surface area (Å²) in [5.74, 6) is -0.104. The van der Waals surface area contributed by atoms with Crippen molar-refractivity contribution < 1.29 is 13.9 Å². The highest BCUT2D eigenvalue weighted by Crippen LogP contribution is 2.35. The normalized spacial score (nSPS) is 18.3. The summed E-state index contributed by atoms with van der Waals surface area (Å²) in [6, 6.07) is 8.81. The van der Waals surface area contributed by atoms with Gasteiger partial charge >= 0.3 is 0 Å². The van der Waals surface area contributed by atoms with Gasteiger partial charge in [0.05, 0.1) is 24.6 Å². The van der Waals surface area contributed by atoms with E-state index in [1.54, 1.807) is 24.5 Å². The minimum Gasteiger partial charge on any atom is -0.378 e. The van der Waals surface area contributed by atoms with Crippen LogP contribution in [-0.2, 0) is 11.2 Å². The number of morpholine rings is 1. The number of halogens is 2. The van der Waals surface area contributed by atoms with Gasteiger partial charge in [-0.1, -0.05) is 18.5 Å². The number of aromatic nitrogens is 2. The van der Waals surface area contributed by atoms with E-state index in [0.29, 0.717) is 71.9 Å². The molecule has 2 aromatic carbocycles. The fourth-order valence-corrected chi connectivity index (χ4v) is 5.24. The molecule has 206 valence electrons. The van der Waals surface area contributed by atoms with E-state index in [9.17, 15) is 4.79 Å². The SMILES string of the molecule is CCc1cc(Cl)cc(C(=O)Nc2cc(-c3cnc(N4CCOCC4)nc3)c(F)cc2N2CCN(C)[C@@H](C)C2)c1.